The number of nitrogens with zero attached hydrogens (tertiary/aromatic N) is 4. The molecule has 0 aliphatic rings. The first kappa shape index (κ1) is 14.6. The van der Waals surface area contributed by atoms with Crippen molar-refractivity contribution in [3.05, 3.63) is 46.3 Å². The summed E-state index contributed by atoms with van der Waals surface area (Å²) in [5.74, 6) is -0.439. The molecule has 0 radical (unpaired) electrons. The highest BCUT2D eigenvalue weighted by Gasteiger charge is 2.15. The lowest BCUT2D eigenvalue weighted by Gasteiger charge is -2.05. The van der Waals surface area contributed by atoms with E-state index in [9.17, 15) is 14.9 Å². The first-order valence-corrected chi connectivity index (χ1v) is 6.16. The zero-order valence-corrected chi connectivity index (χ0v) is 11.3. The SMILES string of the molecule is CC(N)c1cn(CC(=O)Nc2ccccc2[N+](=O)[O-])nn1. The van der Waals surface area contributed by atoms with Crippen LogP contribution in [0.4, 0.5) is 11.4 Å². The molecule has 1 atom stereocenters. The minimum absolute atomic E-state index is 0.105. The molecule has 1 aromatic carbocycles. The predicted molar refractivity (Wildman–Crippen MR) is 74.4 cm³/mol. The number of rotatable bonds is 5. The molecule has 2 rings (SSSR count). The van der Waals surface area contributed by atoms with Gasteiger partial charge in [0.1, 0.15) is 12.2 Å². The highest BCUT2D eigenvalue weighted by molar-refractivity contribution is 5.92. The molecule has 21 heavy (non-hydrogen) atoms. The Morgan fingerprint density at radius 1 is 1.52 bits per heavy atom. The molecule has 9 nitrogen and oxygen atoms in total. The van der Waals surface area contributed by atoms with Crippen LogP contribution in [0.5, 0.6) is 0 Å². The van der Waals surface area contributed by atoms with Crippen molar-refractivity contribution in [1.29, 1.82) is 0 Å². The van der Waals surface area contributed by atoms with E-state index in [0.29, 0.717) is 5.69 Å². The Labute approximate surface area is 119 Å². The number of carbonyl (C=O) groups is 1. The average molecular weight is 290 g/mol. The number of nitro benzene ring substituents is 1. The van der Waals surface area contributed by atoms with Crippen LogP contribution in [0.15, 0.2) is 30.5 Å². The number of para-hydroxylation sites is 2. The van der Waals surface area contributed by atoms with E-state index in [0.717, 1.165) is 0 Å². The van der Waals surface area contributed by atoms with Gasteiger partial charge in [-0.25, -0.2) is 4.68 Å². The van der Waals surface area contributed by atoms with Crippen LogP contribution in [0.25, 0.3) is 0 Å². The number of anilines is 1. The zero-order chi connectivity index (χ0) is 15.4. The molecule has 1 aromatic heterocycles. The van der Waals surface area contributed by atoms with Gasteiger partial charge < -0.3 is 11.1 Å². The Kier molecular flexibility index (Phi) is 4.24. The molecule has 1 unspecified atom stereocenters. The maximum Gasteiger partial charge on any atom is 0.292 e. The second-order valence-electron chi connectivity index (χ2n) is 4.45. The van der Waals surface area contributed by atoms with Crippen molar-refractivity contribution < 1.29 is 9.72 Å². The summed E-state index contributed by atoms with van der Waals surface area (Å²) in [5, 5.41) is 20.9. The molecular formula is C12H14N6O3. The zero-order valence-electron chi connectivity index (χ0n) is 11.3. The maximum absolute atomic E-state index is 11.9. The first-order chi connectivity index (χ1) is 9.97. The standard InChI is InChI=1S/C12H14N6O3/c1-8(13)10-6-17(16-15-10)7-12(19)14-9-4-2-3-5-11(9)18(20)21/h2-6,8H,7,13H2,1H3,(H,14,19). The molecule has 3 N–H and O–H groups in total. The van der Waals surface area contributed by atoms with Gasteiger partial charge >= 0.3 is 0 Å². The lowest BCUT2D eigenvalue weighted by molar-refractivity contribution is -0.383. The Balaban J connectivity index is 2.06. The third kappa shape index (κ3) is 3.60. The summed E-state index contributed by atoms with van der Waals surface area (Å²) in [6.45, 7) is 1.65. The number of hydrogen-bond donors (Lipinski definition) is 2. The van der Waals surface area contributed by atoms with E-state index in [4.69, 9.17) is 5.73 Å². The smallest absolute Gasteiger partial charge is 0.292 e. The van der Waals surface area contributed by atoms with Crippen LogP contribution >= 0.6 is 0 Å². The van der Waals surface area contributed by atoms with E-state index in [1.165, 1.54) is 22.9 Å². The van der Waals surface area contributed by atoms with Crippen molar-refractivity contribution in [1.82, 2.24) is 15.0 Å². The lowest BCUT2D eigenvalue weighted by atomic mass is 10.2. The largest absolute Gasteiger partial charge is 0.323 e. The fourth-order valence-corrected chi connectivity index (χ4v) is 1.67. The normalized spacial score (nSPS) is 11.9. The number of nitrogens with one attached hydrogen (secondary N) is 1. The number of carbonyl (C=O) groups excluding carboxylic acids is 1. The third-order valence-electron chi connectivity index (χ3n) is 2.70. The van der Waals surface area contributed by atoms with Crippen LogP contribution < -0.4 is 11.1 Å². The number of nitro groups is 1. The molecule has 0 bridgehead atoms. The van der Waals surface area contributed by atoms with Crippen LogP contribution in [-0.4, -0.2) is 25.8 Å². The molecule has 1 heterocycles. The average Bonchev–Trinajstić information content (AvgIpc) is 2.87. The van der Waals surface area contributed by atoms with Crippen molar-refractivity contribution in [2.75, 3.05) is 5.32 Å². The van der Waals surface area contributed by atoms with Crippen molar-refractivity contribution >= 4 is 17.3 Å². The number of benzene rings is 1. The monoisotopic (exact) mass is 290 g/mol. The topological polar surface area (TPSA) is 129 Å². The summed E-state index contributed by atoms with van der Waals surface area (Å²) in [7, 11) is 0. The number of nitrogens with two attached hydrogens (primary N) is 1. The molecule has 9 heteroatoms. The predicted octanol–water partition coefficient (Wildman–Crippen LogP) is 0.845. The van der Waals surface area contributed by atoms with E-state index < -0.39 is 10.8 Å². The Morgan fingerprint density at radius 2 is 2.24 bits per heavy atom. The third-order valence-corrected chi connectivity index (χ3v) is 2.70. The van der Waals surface area contributed by atoms with Crippen molar-refractivity contribution in [3.8, 4) is 0 Å². The van der Waals surface area contributed by atoms with Gasteiger partial charge in [-0.05, 0) is 13.0 Å². The molecule has 0 saturated carbocycles. The second kappa shape index (κ2) is 6.09. The number of aromatic nitrogens is 3. The Morgan fingerprint density at radius 3 is 2.86 bits per heavy atom. The van der Waals surface area contributed by atoms with Gasteiger partial charge in [0.25, 0.3) is 5.69 Å². The molecule has 1 amide bonds. The second-order valence-corrected chi connectivity index (χ2v) is 4.45. The van der Waals surface area contributed by atoms with Gasteiger partial charge in [-0.2, -0.15) is 0 Å². The Hall–Kier alpha value is -2.81. The van der Waals surface area contributed by atoms with E-state index in [1.54, 1.807) is 19.2 Å². The Bertz CT molecular complexity index is 667. The van der Waals surface area contributed by atoms with Crippen LogP contribution in [0.2, 0.25) is 0 Å². The first-order valence-electron chi connectivity index (χ1n) is 6.16. The minimum atomic E-state index is -0.556. The van der Waals surface area contributed by atoms with Gasteiger partial charge in [0, 0.05) is 12.1 Å². The van der Waals surface area contributed by atoms with Crippen molar-refractivity contribution in [2.45, 2.75) is 19.5 Å². The molecule has 2 aromatic rings. The van der Waals surface area contributed by atoms with Gasteiger partial charge in [0.15, 0.2) is 0 Å². The maximum atomic E-state index is 11.9. The minimum Gasteiger partial charge on any atom is -0.323 e. The number of amides is 1. The van der Waals surface area contributed by atoms with E-state index >= 15 is 0 Å². The molecule has 0 spiro atoms. The molecule has 110 valence electrons. The summed E-state index contributed by atoms with van der Waals surface area (Å²) in [6.07, 6.45) is 1.56. The summed E-state index contributed by atoms with van der Waals surface area (Å²) in [6, 6.07) is 5.63. The van der Waals surface area contributed by atoms with Crippen molar-refractivity contribution in [2.24, 2.45) is 5.73 Å². The van der Waals surface area contributed by atoms with E-state index in [2.05, 4.69) is 15.6 Å². The van der Waals surface area contributed by atoms with Gasteiger partial charge in [-0.15, -0.1) is 5.10 Å². The van der Waals surface area contributed by atoms with E-state index in [1.807, 2.05) is 0 Å². The highest BCUT2D eigenvalue weighted by Crippen LogP contribution is 2.22. The van der Waals surface area contributed by atoms with Gasteiger partial charge in [0.05, 0.1) is 16.8 Å². The van der Waals surface area contributed by atoms with E-state index in [-0.39, 0.29) is 24.0 Å². The van der Waals surface area contributed by atoms with Crippen molar-refractivity contribution in [3.63, 3.8) is 0 Å². The summed E-state index contributed by atoms with van der Waals surface area (Å²) < 4.78 is 1.32. The fourth-order valence-electron chi connectivity index (χ4n) is 1.67. The van der Waals surface area contributed by atoms with Gasteiger partial charge in [-0.1, -0.05) is 17.3 Å². The van der Waals surface area contributed by atoms with Gasteiger partial charge in [-0.3, -0.25) is 14.9 Å². The van der Waals surface area contributed by atoms with Crippen LogP contribution in [0, 0.1) is 10.1 Å². The summed E-state index contributed by atoms with van der Waals surface area (Å²) in [4.78, 5) is 22.2. The summed E-state index contributed by atoms with van der Waals surface area (Å²) in [5.41, 5.74) is 6.18. The van der Waals surface area contributed by atoms with Crippen LogP contribution in [0.3, 0.4) is 0 Å². The van der Waals surface area contributed by atoms with Gasteiger partial charge in [0.2, 0.25) is 5.91 Å². The summed E-state index contributed by atoms with van der Waals surface area (Å²) >= 11 is 0. The van der Waals surface area contributed by atoms with Crippen LogP contribution in [-0.2, 0) is 11.3 Å². The highest BCUT2D eigenvalue weighted by atomic mass is 16.6. The molecule has 0 saturated heterocycles. The quantitative estimate of drug-likeness (QED) is 0.620. The molecule has 0 aliphatic carbocycles. The van der Waals surface area contributed by atoms with Crippen LogP contribution in [0.1, 0.15) is 18.7 Å². The molecule has 0 fully saturated rings. The molecular weight excluding hydrogens is 276 g/mol. The lowest BCUT2D eigenvalue weighted by Crippen LogP contribution is -2.19. The number of hydrogen-bond acceptors (Lipinski definition) is 6. The fraction of sp³-hybridized carbons (Fsp3) is 0.250. The molecule has 0 aliphatic heterocycles.